The zero-order valence-electron chi connectivity index (χ0n) is 18.7. The van der Waals surface area contributed by atoms with E-state index in [0.717, 1.165) is 21.5 Å². The summed E-state index contributed by atoms with van der Waals surface area (Å²) in [6, 6.07) is 20.0. The molecule has 0 aliphatic carbocycles. The molecule has 37 heavy (non-hydrogen) atoms. The Kier molecular flexibility index (Phi) is 5.19. The number of rotatable bonds is 2. The van der Waals surface area contributed by atoms with Crippen molar-refractivity contribution in [1.82, 2.24) is 0 Å². The van der Waals surface area contributed by atoms with Crippen LogP contribution in [-0.4, -0.2) is 0 Å². The normalized spacial score (nSPS) is 11.6. The molecule has 0 aliphatic heterocycles. The Morgan fingerprint density at radius 3 is 1.62 bits per heavy atom. The molecular formula is C30H13F7. The van der Waals surface area contributed by atoms with Crippen LogP contribution in [0.25, 0.3) is 54.6 Å². The van der Waals surface area contributed by atoms with Crippen molar-refractivity contribution in [3.8, 4) is 22.3 Å². The molecule has 6 aromatic carbocycles. The summed E-state index contributed by atoms with van der Waals surface area (Å²) in [5.41, 5.74) is -3.30. The molecule has 0 aliphatic rings. The second kappa shape index (κ2) is 8.34. The van der Waals surface area contributed by atoms with E-state index in [2.05, 4.69) is 0 Å². The summed E-state index contributed by atoms with van der Waals surface area (Å²) in [5.74, 6) is -12.6. The van der Waals surface area contributed by atoms with Gasteiger partial charge in [-0.2, -0.15) is 0 Å². The van der Waals surface area contributed by atoms with Crippen LogP contribution < -0.4 is 0 Å². The first-order valence-electron chi connectivity index (χ1n) is 11.1. The van der Waals surface area contributed by atoms with Crippen LogP contribution in [-0.2, 0) is 0 Å². The molecule has 0 unspecified atom stereocenters. The van der Waals surface area contributed by atoms with E-state index in [-0.39, 0.29) is 17.7 Å². The molecule has 182 valence electrons. The van der Waals surface area contributed by atoms with Gasteiger partial charge in [0.25, 0.3) is 0 Å². The molecule has 7 heteroatoms. The molecule has 0 radical (unpaired) electrons. The van der Waals surface area contributed by atoms with Gasteiger partial charge in [0, 0.05) is 0 Å². The van der Waals surface area contributed by atoms with Gasteiger partial charge in [-0.25, -0.2) is 30.7 Å². The van der Waals surface area contributed by atoms with E-state index in [4.69, 9.17) is 0 Å². The van der Waals surface area contributed by atoms with E-state index >= 15 is 17.6 Å². The first kappa shape index (κ1) is 23.0. The maximum absolute atomic E-state index is 15.4. The van der Waals surface area contributed by atoms with Gasteiger partial charge in [-0.1, -0.05) is 54.6 Å². The van der Waals surface area contributed by atoms with E-state index in [1.165, 1.54) is 12.1 Å². The number of benzene rings is 6. The minimum Gasteiger partial charge on any atom is -0.204 e. The predicted octanol–water partition coefficient (Wildman–Crippen LogP) is 9.45. The van der Waals surface area contributed by atoms with Gasteiger partial charge in [-0.3, -0.25) is 0 Å². The topological polar surface area (TPSA) is 0 Å². The first-order valence-corrected chi connectivity index (χ1v) is 11.1. The van der Waals surface area contributed by atoms with Gasteiger partial charge < -0.3 is 0 Å². The van der Waals surface area contributed by atoms with E-state index in [9.17, 15) is 13.2 Å². The Morgan fingerprint density at radius 1 is 0.378 bits per heavy atom. The summed E-state index contributed by atoms with van der Waals surface area (Å²) in [6.07, 6.45) is 0. The highest BCUT2D eigenvalue weighted by molar-refractivity contribution is 6.14. The van der Waals surface area contributed by atoms with Gasteiger partial charge in [0.15, 0.2) is 40.7 Å². The summed E-state index contributed by atoms with van der Waals surface area (Å²) in [7, 11) is 0. The lowest BCUT2D eigenvalue weighted by Crippen LogP contribution is -2.05. The summed E-state index contributed by atoms with van der Waals surface area (Å²) in [6.45, 7) is 0. The van der Waals surface area contributed by atoms with Crippen LogP contribution in [0.15, 0.2) is 78.9 Å². The molecule has 0 spiro atoms. The van der Waals surface area contributed by atoms with Gasteiger partial charge in [-0.15, -0.1) is 0 Å². The van der Waals surface area contributed by atoms with Crippen LogP contribution in [0.5, 0.6) is 0 Å². The minimum atomic E-state index is -1.88. The average Bonchev–Trinajstić information content (AvgIpc) is 2.90. The van der Waals surface area contributed by atoms with E-state index in [0.29, 0.717) is 10.8 Å². The van der Waals surface area contributed by atoms with Crippen LogP contribution in [0.3, 0.4) is 0 Å². The van der Waals surface area contributed by atoms with Crippen LogP contribution in [0, 0.1) is 40.7 Å². The number of fused-ring (bicyclic) bond motifs is 4. The quantitative estimate of drug-likeness (QED) is 0.0722. The zero-order valence-corrected chi connectivity index (χ0v) is 18.7. The molecule has 0 nitrogen and oxygen atoms in total. The molecule has 6 aromatic rings. The monoisotopic (exact) mass is 506 g/mol. The Bertz CT molecular complexity index is 1860. The summed E-state index contributed by atoms with van der Waals surface area (Å²) >= 11 is 0. The number of hydrogen-bond acceptors (Lipinski definition) is 0. The molecule has 6 rings (SSSR count). The fourth-order valence-electron chi connectivity index (χ4n) is 4.82. The van der Waals surface area contributed by atoms with Crippen molar-refractivity contribution >= 4 is 32.3 Å². The Morgan fingerprint density at radius 2 is 0.919 bits per heavy atom. The lowest BCUT2D eigenvalue weighted by molar-refractivity contribution is 0.445. The molecule has 0 bridgehead atoms. The molecule has 0 aromatic heterocycles. The predicted molar refractivity (Wildman–Crippen MR) is 130 cm³/mol. The van der Waals surface area contributed by atoms with E-state index in [1.807, 2.05) is 42.5 Å². The van der Waals surface area contributed by atoms with E-state index < -0.39 is 57.4 Å². The lowest BCUT2D eigenvalue weighted by atomic mass is 9.91. The minimum absolute atomic E-state index is 0.108. The van der Waals surface area contributed by atoms with Crippen LogP contribution in [0.1, 0.15) is 0 Å². The van der Waals surface area contributed by atoms with Crippen molar-refractivity contribution in [2.75, 3.05) is 0 Å². The second-order valence-electron chi connectivity index (χ2n) is 8.65. The Balaban J connectivity index is 1.63. The van der Waals surface area contributed by atoms with Gasteiger partial charge in [0.2, 0.25) is 0 Å². The molecule has 0 saturated carbocycles. The fourth-order valence-corrected chi connectivity index (χ4v) is 4.82. The van der Waals surface area contributed by atoms with Crippen LogP contribution >= 0.6 is 0 Å². The third kappa shape index (κ3) is 3.45. The third-order valence-electron chi connectivity index (χ3n) is 6.55. The van der Waals surface area contributed by atoms with Crippen molar-refractivity contribution in [1.29, 1.82) is 0 Å². The van der Waals surface area contributed by atoms with Crippen molar-refractivity contribution in [3.05, 3.63) is 120 Å². The smallest absolute Gasteiger partial charge is 0.194 e. The van der Waals surface area contributed by atoms with Crippen molar-refractivity contribution in [3.63, 3.8) is 0 Å². The molecule has 0 atom stereocenters. The number of halogens is 7. The molecule has 0 amide bonds. The van der Waals surface area contributed by atoms with Crippen molar-refractivity contribution in [2.24, 2.45) is 0 Å². The lowest BCUT2D eigenvalue weighted by Gasteiger charge is -2.15. The summed E-state index contributed by atoms with van der Waals surface area (Å²) < 4.78 is 102. The van der Waals surface area contributed by atoms with Crippen molar-refractivity contribution < 1.29 is 30.7 Å². The summed E-state index contributed by atoms with van der Waals surface area (Å²) in [4.78, 5) is 0. The van der Waals surface area contributed by atoms with Crippen LogP contribution in [0.2, 0.25) is 0 Å². The highest BCUT2D eigenvalue weighted by Gasteiger charge is 2.29. The van der Waals surface area contributed by atoms with Crippen molar-refractivity contribution in [2.45, 2.75) is 0 Å². The zero-order chi connectivity index (χ0) is 26.0. The highest BCUT2D eigenvalue weighted by atomic mass is 19.2. The van der Waals surface area contributed by atoms with Gasteiger partial charge >= 0.3 is 0 Å². The fraction of sp³-hybridized carbons (Fsp3) is 0. The average molecular weight is 506 g/mol. The number of hydrogen-bond donors (Lipinski definition) is 0. The van der Waals surface area contributed by atoms with Gasteiger partial charge in [0.05, 0.1) is 11.1 Å². The molecule has 0 N–H and O–H groups in total. The maximum Gasteiger partial charge on any atom is 0.194 e. The van der Waals surface area contributed by atoms with Gasteiger partial charge in [-0.05, 0) is 67.7 Å². The van der Waals surface area contributed by atoms with E-state index in [1.54, 1.807) is 12.1 Å². The second-order valence-corrected chi connectivity index (χ2v) is 8.65. The summed E-state index contributed by atoms with van der Waals surface area (Å²) in [5, 5.41) is 4.51. The molecule has 0 fully saturated rings. The molecule has 0 saturated heterocycles. The van der Waals surface area contributed by atoms with Gasteiger partial charge in [0.1, 0.15) is 0 Å². The maximum atomic E-state index is 15.4. The SMILES string of the molecule is Fc1cc(-c2c(F)c(F)c(-c3cccc4cc5c(ccc6ccccc65)cc34)c(F)c2F)cc(F)c1F. The Labute approximate surface area is 205 Å². The first-order chi connectivity index (χ1) is 17.8. The molecular weight excluding hydrogens is 493 g/mol. The Hall–Kier alpha value is -4.39. The molecule has 0 heterocycles. The standard InChI is InChI=1S/C30H13F7/c31-22-12-17(13-23(32)26(22)33)24-27(34)29(36)25(30(37)28(24)35)19-7-3-5-15-10-20-16(11-21(15)19)9-8-14-4-1-2-6-18(14)20/h1-13H. The highest BCUT2D eigenvalue weighted by Crippen LogP contribution is 2.41. The largest absolute Gasteiger partial charge is 0.204 e. The third-order valence-corrected chi connectivity index (χ3v) is 6.55. The van der Waals surface area contributed by atoms with Crippen LogP contribution in [0.4, 0.5) is 30.7 Å².